The zero-order valence-corrected chi connectivity index (χ0v) is 11.1. The van der Waals surface area contributed by atoms with Gasteiger partial charge in [-0.3, -0.25) is 4.79 Å². The first-order valence-electron chi connectivity index (χ1n) is 5.75. The van der Waals surface area contributed by atoms with Gasteiger partial charge in [-0.05, 0) is 18.5 Å². The Morgan fingerprint density at radius 1 is 0.944 bits per heavy atom. The van der Waals surface area contributed by atoms with Gasteiger partial charge in [-0.1, -0.05) is 60.7 Å². The Kier molecular flexibility index (Phi) is 4.49. The summed E-state index contributed by atoms with van der Waals surface area (Å²) in [7, 11) is 0.766. The number of carbonyl (C=O) groups is 1. The lowest BCUT2D eigenvalue weighted by Gasteiger charge is -2.17. The summed E-state index contributed by atoms with van der Waals surface area (Å²) in [6.45, 7) is 0. The molecule has 0 saturated heterocycles. The summed E-state index contributed by atoms with van der Waals surface area (Å²) in [4.78, 5) is 11.6. The fourth-order valence-electron chi connectivity index (χ4n) is 1.74. The van der Waals surface area contributed by atoms with Gasteiger partial charge < -0.3 is 4.74 Å². The van der Waals surface area contributed by atoms with Crippen molar-refractivity contribution in [1.29, 1.82) is 0 Å². The SMILES string of the molecule is COC(=O)CP(c1ccccc1)c1ccccc1. The number of esters is 1. The minimum Gasteiger partial charge on any atom is -0.469 e. The Morgan fingerprint density at radius 3 is 1.78 bits per heavy atom. The Balaban J connectivity index is 2.32. The van der Waals surface area contributed by atoms with Gasteiger partial charge in [-0.15, -0.1) is 0 Å². The molecule has 2 nitrogen and oxygen atoms in total. The molecule has 0 aliphatic carbocycles. The highest BCUT2D eigenvalue weighted by Crippen LogP contribution is 2.33. The number of benzene rings is 2. The van der Waals surface area contributed by atoms with E-state index in [4.69, 9.17) is 4.74 Å². The molecule has 0 amide bonds. The number of hydrogen-bond acceptors (Lipinski definition) is 2. The average Bonchev–Trinajstić information content (AvgIpc) is 2.46. The lowest BCUT2D eigenvalue weighted by Crippen LogP contribution is -2.19. The minimum atomic E-state index is -0.671. The molecule has 3 heteroatoms. The predicted octanol–water partition coefficient (Wildman–Crippen LogP) is 2.29. The molecule has 0 aliphatic rings. The van der Waals surface area contributed by atoms with Gasteiger partial charge in [-0.2, -0.15) is 0 Å². The monoisotopic (exact) mass is 258 g/mol. The van der Waals surface area contributed by atoms with E-state index < -0.39 is 7.92 Å². The zero-order chi connectivity index (χ0) is 12.8. The molecule has 0 heterocycles. The van der Waals surface area contributed by atoms with Crippen molar-refractivity contribution in [2.75, 3.05) is 13.3 Å². The maximum absolute atomic E-state index is 11.6. The first-order chi connectivity index (χ1) is 8.81. The first kappa shape index (κ1) is 12.8. The van der Waals surface area contributed by atoms with Gasteiger partial charge in [0.2, 0.25) is 0 Å². The van der Waals surface area contributed by atoms with Crippen LogP contribution in [0.2, 0.25) is 0 Å². The van der Waals surface area contributed by atoms with E-state index in [1.54, 1.807) is 0 Å². The Hall–Kier alpha value is -1.66. The summed E-state index contributed by atoms with van der Waals surface area (Å²) < 4.78 is 4.80. The van der Waals surface area contributed by atoms with Gasteiger partial charge in [0.1, 0.15) is 0 Å². The van der Waals surface area contributed by atoms with E-state index >= 15 is 0 Å². The largest absolute Gasteiger partial charge is 0.469 e. The maximum atomic E-state index is 11.6. The smallest absolute Gasteiger partial charge is 0.310 e. The topological polar surface area (TPSA) is 26.3 Å². The molecule has 18 heavy (non-hydrogen) atoms. The van der Waals surface area contributed by atoms with Gasteiger partial charge in [-0.25, -0.2) is 0 Å². The normalized spacial score (nSPS) is 10.3. The highest BCUT2D eigenvalue weighted by Gasteiger charge is 2.17. The van der Waals surface area contributed by atoms with Gasteiger partial charge in [0.15, 0.2) is 0 Å². The lowest BCUT2D eigenvalue weighted by atomic mass is 10.4. The van der Waals surface area contributed by atoms with Crippen LogP contribution >= 0.6 is 7.92 Å². The van der Waals surface area contributed by atoms with E-state index in [1.165, 1.54) is 17.7 Å². The molecule has 92 valence electrons. The molecular formula is C15H15O2P. The number of ether oxygens (including phenoxy) is 1. The molecule has 0 bridgehead atoms. The van der Waals surface area contributed by atoms with Gasteiger partial charge in [0, 0.05) is 0 Å². The van der Waals surface area contributed by atoms with Crippen molar-refractivity contribution in [3.8, 4) is 0 Å². The van der Waals surface area contributed by atoms with E-state index in [9.17, 15) is 4.79 Å². The summed E-state index contributed by atoms with van der Waals surface area (Å²) in [6.07, 6.45) is 0.430. The van der Waals surface area contributed by atoms with E-state index in [1.807, 2.05) is 36.4 Å². The minimum absolute atomic E-state index is 0.159. The highest BCUT2D eigenvalue weighted by molar-refractivity contribution is 7.73. The number of carbonyl (C=O) groups excluding carboxylic acids is 1. The van der Waals surface area contributed by atoms with Crippen LogP contribution in [0, 0.1) is 0 Å². The molecule has 0 spiro atoms. The molecule has 2 aromatic rings. The van der Waals surface area contributed by atoms with Gasteiger partial charge in [0.25, 0.3) is 0 Å². The summed E-state index contributed by atoms with van der Waals surface area (Å²) in [6, 6.07) is 20.3. The standard InChI is InChI=1S/C15H15O2P/c1-17-15(16)12-18(13-8-4-2-5-9-13)14-10-6-3-7-11-14/h2-11H,12H2,1H3. The molecule has 0 aliphatic heterocycles. The fraction of sp³-hybridized carbons (Fsp3) is 0.133. The third-order valence-corrected chi connectivity index (χ3v) is 5.07. The van der Waals surface area contributed by atoms with Crippen LogP contribution in [0.3, 0.4) is 0 Å². The quantitative estimate of drug-likeness (QED) is 0.621. The van der Waals surface area contributed by atoms with E-state index in [0.717, 1.165) is 0 Å². The first-order valence-corrected chi connectivity index (χ1v) is 7.28. The summed E-state index contributed by atoms with van der Waals surface area (Å²) in [5.74, 6) is -0.159. The van der Waals surface area contributed by atoms with Crippen LogP contribution in [0.25, 0.3) is 0 Å². The molecule has 2 rings (SSSR count). The van der Waals surface area contributed by atoms with Crippen molar-refractivity contribution in [3.05, 3.63) is 60.7 Å². The summed E-state index contributed by atoms with van der Waals surface area (Å²) >= 11 is 0. The van der Waals surface area contributed by atoms with Gasteiger partial charge in [0.05, 0.1) is 13.3 Å². The second kappa shape index (κ2) is 6.32. The third kappa shape index (κ3) is 3.18. The Morgan fingerprint density at radius 2 is 1.39 bits per heavy atom. The average molecular weight is 258 g/mol. The van der Waals surface area contributed by atoms with Crippen molar-refractivity contribution >= 4 is 24.5 Å². The van der Waals surface area contributed by atoms with Crippen LogP contribution in [0.1, 0.15) is 0 Å². The van der Waals surface area contributed by atoms with E-state index in [0.29, 0.717) is 6.16 Å². The lowest BCUT2D eigenvalue weighted by molar-refractivity contribution is -0.137. The molecule has 2 aromatic carbocycles. The van der Waals surface area contributed by atoms with Crippen molar-refractivity contribution in [2.24, 2.45) is 0 Å². The van der Waals surface area contributed by atoms with Crippen molar-refractivity contribution in [2.45, 2.75) is 0 Å². The van der Waals surface area contributed by atoms with Crippen LogP contribution < -0.4 is 10.6 Å². The molecule has 0 unspecified atom stereocenters. The zero-order valence-electron chi connectivity index (χ0n) is 10.2. The predicted molar refractivity (Wildman–Crippen MR) is 76.0 cm³/mol. The van der Waals surface area contributed by atoms with Crippen LogP contribution in [0.4, 0.5) is 0 Å². The molecule has 0 saturated carbocycles. The Bertz CT molecular complexity index is 457. The molecule has 0 radical (unpaired) electrons. The molecular weight excluding hydrogens is 243 g/mol. The summed E-state index contributed by atoms with van der Waals surface area (Å²) in [5, 5.41) is 2.40. The van der Waals surface area contributed by atoms with Crippen LogP contribution in [0.15, 0.2) is 60.7 Å². The highest BCUT2D eigenvalue weighted by atomic mass is 31.1. The van der Waals surface area contributed by atoms with Gasteiger partial charge >= 0.3 is 5.97 Å². The fourth-order valence-corrected chi connectivity index (χ4v) is 3.86. The second-order valence-corrected chi connectivity index (χ2v) is 6.04. The third-order valence-electron chi connectivity index (χ3n) is 2.65. The number of hydrogen-bond donors (Lipinski definition) is 0. The number of methoxy groups -OCH3 is 1. The summed E-state index contributed by atoms with van der Waals surface area (Å²) in [5.41, 5.74) is 0. The molecule has 0 fully saturated rings. The maximum Gasteiger partial charge on any atom is 0.310 e. The second-order valence-electron chi connectivity index (χ2n) is 3.83. The van der Waals surface area contributed by atoms with Crippen LogP contribution in [-0.2, 0) is 9.53 Å². The van der Waals surface area contributed by atoms with Crippen molar-refractivity contribution in [3.63, 3.8) is 0 Å². The van der Waals surface area contributed by atoms with Crippen LogP contribution in [0.5, 0.6) is 0 Å². The Labute approximate surface area is 108 Å². The van der Waals surface area contributed by atoms with Crippen LogP contribution in [-0.4, -0.2) is 19.2 Å². The number of rotatable bonds is 4. The van der Waals surface area contributed by atoms with E-state index in [2.05, 4.69) is 24.3 Å². The molecule has 0 atom stereocenters. The molecule has 0 N–H and O–H groups in total. The van der Waals surface area contributed by atoms with Crippen molar-refractivity contribution in [1.82, 2.24) is 0 Å². The molecule has 0 aromatic heterocycles. The van der Waals surface area contributed by atoms with Crippen molar-refractivity contribution < 1.29 is 9.53 Å². The van der Waals surface area contributed by atoms with E-state index in [-0.39, 0.29) is 5.97 Å².